The zero-order valence-electron chi connectivity index (χ0n) is 12.2. The highest BCUT2D eigenvalue weighted by Crippen LogP contribution is 2.29. The third kappa shape index (κ3) is 3.28. The van der Waals surface area contributed by atoms with Crippen molar-refractivity contribution < 1.29 is 9.59 Å². The molecule has 2 rings (SSSR count). The summed E-state index contributed by atoms with van der Waals surface area (Å²) in [6.45, 7) is 4.80. The van der Waals surface area contributed by atoms with Gasteiger partial charge >= 0.3 is 0 Å². The van der Waals surface area contributed by atoms with Crippen LogP contribution in [0.5, 0.6) is 0 Å². The molecule has 0 aromatic rings. The minimum absolute atomic E-state index is 0.0718. The molecule has 0 aromatic heterocycles. The molecule has 2 amide bonds. The largest absolute Gasteiger partial charge is 0.353 e. The number of rotatable bonds is 5. The Hall–Kier alpha value is -1.06. The SMILES string of the molecule is CCC(CC)NC(=O)[C@@H]1CC(=O)N(C2CCCC2)C1. The number of likely N-dealkylation sites (tertiary alicyclic amines) is 1. The molecule has 1 heterocycles. The topological polar surface area (TPSA) is 49.4 Å². The Morgan fingerprint density at radius 2 is 1.95 bits per heavy atom. The Kier molecular flexibility index (Phi) is 4.83. The molecule has 1 saturated heterocycles. The molecule has 1 aliphatic heterocycles. The van der Waals surface area contributed by atoms with Gasteiger partial charge < -0.3 is 10.2 Å². The zero-order valence-corrected chi connectivity index (χ0v) is 12.2. The summed E-state index contributed by atoms with van der Waals surface area (Å²) in [6.07, 6.45) is 6.99. The molecule has 108 valence electrons. The van der Waals surface area contributed by atoms with E-state index in [9.17, 15) is 9.59 Å². The molecule has 1 aliphatic carbocycles. The van der Waals surface area contributed by atoms with Crippen LogP contribution >= 0.6 is 0 Å². The highest BCUT2D eigenvalue weighted by atomic mass is 16.2. The molecule has 1 N–H and O–H groups in total. The van der Waals surface area contributed by atoms with Gasteiger partial charge in [-0.15, -0.1) is 0 Å². The van der Waals surface area contributed by atoms with Crippen LogP contribution in [0.3, 0.4) is 0 Å². The Bertz CT molecular complexity index is 333. The average molecular weight is 266 g/mol. The highest BCUT2D eigenvalue weighted by Gasteiger charge is 2.38. The molecular formula is C15H26N2O2. The predicted octanol–water partition coefficient (Wildman–Crippen LogP) is 2.08. The van der Waals surface area contributed by atoms with Gasteiger partial charge in [0.1, 0.15) is 0 Å². The Morgan fingerprint density at radius 1 is 1.32 bits per heavy atom. The van der Waals surface area contributed by atoms with Crippen molar-refractivity contribution >= 4 is 11.8 Å². The first-order valence-electron chi connectivity index (χ1n) is 7.75. The van der Waals surface area contributed by atoms with Gasteiger partial charge in [-0.3, -0.25) is 9.59 Å². The van der Waals surface area contributed by atoms with Gasteiger partial charge in [-0.25, -0.2) is 0 Å². The van der Waals surface area contributed by atoms with Crippen LogP contribution in [-0.2, 0) is 9.59 Å². The molecule has 0 unspecified atom stereocenters. The molecule has 1 saturated carbocycles. The van der Waals surface area contributed by atoms with E-state index in [1.165, 1.54) is 12.8 Å². The number of nitrogens with zero attached hydrogens (tertiary/aromatic N) is 1. The molecule has 2 fully saturated rings. The van der Waals surface area contributed by atoms with Crippen LogP contribution in [0.1, 0.15) is 58.8 Å². The Labute approximate surface area is 115 Å². The maximum atomic E-state index is 12.2. The van der Waals surface area contributed by atoms with E-state index in [1.54, 1.807) is 0 Å². The summed E-state index contributed by atoms with van der Waals surface area (Å²) in [4.78, 5) is 26.2. The van der Waals surface area contributed by atoms with Crippen LogP contribution < -0.4 is 5.32 Å². The van der Waals surface area contributed by atoms with Crippen LogP contribution in [0.15, 0.2) is 0 Å². The van der Waals surface area contributed by atoms with Gasteiger partial charge in [-0.2, -0.15) is 0 Å². The number of nitrogens with one attached hydrogen (secondary N) is 1. The summed E-state index contributed by atoms with van der Waals surface area (Å²) in [5.74, 6) is 0.118. The van der Waals surface area contributed by atoms with Gasteiger partial charge in [0, 0.05) is 25.0 Å². The summed E-state index contributed by atoms with van der Waals surface area (Å²) in [6, 6.07) is 0.654. The summed E-state index contributed by atoms with van der Waals surface area (Å²) in [7, 11) is 0. The van der Waals surface area contributed by atoms with Crippen LogP contribution in [0.4, 0.5) is 0 Å². The van der Waals surface area contributed by atoms with Crippen molar-refractivity contribution in [3.05, 3.63) is 0 Å². The van der Waals surface area contributed by atoms with Crippen molar-refractivity contribution in [3.8, 4) is 0 Å². The minimum Gasteiger partial charge on any atom is -0.353 e. The lowest BCUT2D eigenvalue weighted by molar-refractivity contribution is -0.130. The molecule has 0 spiro atoms. The summed E-state index contributed by atoms with van der Waals surface area (Å²) in [5, 5.41) is 3.07. The predicted molar refractivity (Wildman–Crippen MR) is 74.6 cm³/mol. The van der Waals surface area contributed by atoms with Gasteiger partial charge in [0.05, 0.1) is 5.92 Å². The number of carbonyl (C=O) groups is 2. The van der Waals surface area contributed by atoms with Crippen LogP contribution in [0.2, 0.25) is 0 Å². The lowest BCUT2D eigenvalue weighted by Crippen LogP contribution is -2.40. The first-order valence-corrected chi connectivity index (χ1v) is 7.75. The molecule has 2 aliphatic rings. The second kappa shape index (κ2) is 6.40. The van der Waals surface area contributed by atoms with E-state index in [1.807, 2.05) is 4.90 Å². The first kappa shape index (κ1) is 14.4. The number of carbonyl (C=O) groups excluding carboxylic acids is 2. The summed E-state index contributed by atoms with van der Waals surface area (Å²) in [5.41, 5.74) is 0. The van der Waals surface area contributed by atoms with Crippen molar-refractivity contribution in [1.82, 2.24) is 10.2 Å². The van der Waals surface area contributed by atoms with E-state index in [2.05, 4.69) is 19.2 Å². The maximum absolute atomic E-state index is 12.2. The molecule has 0 aromatic carbocycles. The minimum atomic E-state index is -0.131. The number of hydrogen-bond donors (Lipinski definition) is 1. The van der Waals surface area contributed by atoms with E-state index >= 15 is 0 Å². The molecule has 0 bridgehead atoms. The third-order valence-electron chi connectivity index (χ3n) is 4.63. The Balaban J connectivity index is 1.89. The van der Waals surface area contributed by atoms with Crippen molar-refractivity contribution in [2.75, 3.05) is 6.54 Å². The van der Waals surface area contributed by atoms with Crippen molar-refractivity contribution in [2.45, 2.75) is 70.9 Å². The fourth-order valence-electron chi connectivity index (χ4n) is 3.29. The average Bonchev–Trinajstić information content (AvgIpc) is 3.04. The van der Waals surface area contributed by atoms with E-state index in [-0.39, 0.29) is 23.8 Å². The second-order valence-corrected chi connectivity index (χ2v) is 5.91. The van der Waals surface area contributed by atoms with Gasteiger partial charge in [-0.1, -0.05) is 26.7 Å². The van der Waals surface area contributed by atoms with Crippen LogP contribution in [-0.4, -0.2) is 35.3 Å². The number of hydrogen-bond acceptors (Lipinski definition) is 2. The van der Waals surface area contributed by atoms with Gasteiger partial charge in [0.25, 0.3) is 0 Å². The highest BCUT2D eigenvalue weighted by molar-refractivity contribution is 5.89. The summed E-state index contributed by atoms with van der Waals surface area (Å²) >= 11 is 0. The van der Waals surface area contributed by atoms with Gasteiger partial charge in [0.2, 0.25) is 11.8 Å². The van der Waals surface area contributed by atoms with Gasteiger partial charge in [-0.05, 0) is 25.7 Å². The molecule has 4 heteroatoms. The van der Waals surface area contributed by atoms with E-state index in [4.69, 9.17) is 0 Å². The molecule has 19 heavy (non-hydrogen) atoms. The summed E-state index contributed by atoms with van der Waals surface area (Å²) < 4.78 is 0. The van der Waals surface area contributed by atoms with Gasteiger partial charge in [0.15, 0.2) is 0 Å². The zero-order chi connectivity index (χ0) is 13.8. The van der Waals surface area contributed by atoms with E-state index in [0.717, 1.165) is 25.7 Å². The van der Waals surface area contributed by atoms with E-state index < -0.39 is 0 Å². The quantitative estimate of drug-likeness (QED) is 0.828. The van der Waals surface area contributed by atoms with E-state index in [0.29, 0.717) is 19.0 Å². The standard InChI is InChI=1S/C15H26N2O2/c1-3-12(4-2)16-15(19)11-9-14(18)17(10-11)13-7-5-6-8-13/h11-13H,3-10H2,1-2H3,(H,16,19)/t11-/m1/s1. The van der Waals surface area contributed by atoms with Crippen molar-refractivity contribution in [2.24, 2.45) is 5.92 Å². The fourth-order valence-corrected chi connectivity index (χ4v) is 3.29. The smallest absolute Gasteiger partial charge is 0.225 e. The number of amides is 2. The van der Waals surface area contributed by atoms with Crippen molar-refractivity contribution in [3.63, 3.8) is 0 Å². The Morgan fingerprint density at radius 3 is 2.53 bits per heavy atom. The molecule has 4 nitrogen and oxygen atoms in total. The lowest BCUT2D eigenvalue weighted by atomic mass is 10.1. The second-order valence-electron chi connectivity index (χ2n) is 5.91. The first-order chi connectivity index (χ1) is 9.15. The molecular weight excluding hydrogens is 240 g/mol. The fraction of sp³-hybridized carbons (Fsp3) is 0.867. The molecule has 1 atom stereocenters. The van der Waals surface area contributed by atoms with Crippen molar-refractivity contribution in [1.29, 1.82) is 0 Å². The maximum Gasteiger partial charge on any atom is 0.225 e. The lowest BCUT2D eigenvalue weighted by Gasteiger charge is -2.24. The van der Waals surface area contributed by atoms with Crippen LogP contribution in [0.25, 0.3) is 0 Å². The molecule has 0 radical (unpaired) electrons. The normalized spacial score (nSPS) is 24.5. The third-order valence-corrected chi connectivity index (χ3v) is 4.63. The van der Waals surface area contributed by atoms with Crippen LogP contribution in [0, 0.1) is 5.92 Å². The monoisotopic (exact) mass is 266 g/mol.